The van der Waals surface area contributed by atoms with E-state index in [9.17, 15) is 9.59 Å². The van der Waals surface area contributed by atoms with Gasteiger partial charge < -0.3 is 15.2 Å². The van der Waals surface area contributed by atoms with Crippen molar-refractivity contribution in [2.24, 2.45) is 0 Å². The monoisotopic (exact) mass is 373 g/mol. The molecular formula is C15H10Cl3NO4. The van der Waals surface area contributed by atoms with Gasteiger partial charge in [0.1, 0.15) is 5.75 Å². The fraction of sp³-hybridized carbons (Fsp3) is 0.0667. The largest absolute Gasteiger partial charge is 0.484 e. The van der Waals surface area contributed by atoms with Crippen LogP contribution in [0.3, 0.4) is 0 Å². The predicted octanol–water partition coefficient (Wildman–Crippen LogP) is 4.36. The minimum absolute atomic E-state index is 0.0180. The molecule has 0 aliphatic heterocycles. The van der Waals surface area contributed by atoms with E-state index in [4.69, 9.17) is 44.6 Å². The third-order valence-corrected chi connectivity index (χ3v) is 3.82. The Hall–Kier alpha value is -1.95. The number of para-hydroxylation sites is 1. The molecule has 0 spiro atoms. The van der Waals surface area contributed by atoms with Crippen molar-refractivity contribution >= 4 is 52.4 Å². The lowest BCUT2D eigenvalue weighted by Gasteiger charge is -2.11. The normalized spacial score (nSPS) is 10.2. The number of carboxylic acids is 1. The Kier molecular flexibility index (Phi) is 5.71. The highest BCUT2D eigenvalue weighted by molar-refractivity contribution is 6.42. The van der Waals surface area contributed by atoms with E-state index in [1.54, 1.807) is 6.07 Å². The lowest BCUT2D eigenvalue weighted by Crippen LogP contribution is -2.21. The smallest absolute Gasteiger partial charge is 0.337 e. The van der Waals surface area contributed by atoms with Crippen LogP contribution in [0.2, 0.25) is 15.1 Å². The molecule has 0 aromatic heterocycles. The summed E-state index contributed by atoms with van der Waals surface area (Å²) in [4.78, 5) is 23.1. The Balaban J connectivity index is 2.05. The molecule has 0 radical (unpaired) electrons. The minimum Gasteiger partial charge on any atom is -0.484 e. The highest BCUT2D eigenvalue weighted by Crippen LogP contribution is 2.27. The molecule has 1 amide bonds. The van der Waals surface area contributed by atoms with Crippen molar-refractivity contribution < 1.29 is 19.4 Å². The van der Waals surface area contributed by atoms with Crippen molar-refractivity contribution in [2.75, 3.05) is 11.9 Å². The molecule has 0 aliphatic rings. The topological polar surface area (TPSA) is 75.6 Å². The van der Waals surface area contributed by atoms with E-state index in [2.05, 4.69) is 5.32 Å². The summed E-state index contributed by atoms with van der Waals surface area (Å²) in [6, 6.07) is 8.85. The lowest BCUT2D eigenvalue weighted by atomic mass is 10.2. The van der Waals surface area contributed by atoms with Gasteiger partial charge in [-0.3, -0.25) is 4.79 Å². The van der Waals surface area contributed by atoms with E-state index >= 15 is 0 Å². The number of aromatic carboxylic acids is 1. The second-order valence-electron chi connectivity index (χ2n) is 4.38. The summed E-state index contributed by atoms with van der Waals surface area (Å²) in [7, 11) is 0. The number of anilines is 1. The Bertz CT molecular complexity index is 764. The van der Waals surface area contributed by atoms with E-state index in [1.165, 1.54) is 30.3 Å². The van der Waals surface area contributed by atoms with E-state index in [0.717, 1.165) is 0 Å². The third kappa shape index (κ3) is 4.51. The minimum atomic E-state index is -1.20. The average Bonchev–Trinajstić information content (AvgIpc) is 2.50. The number of ether oxygens (including phenoxy) is 1. The first-order valence-electron chi connectivity index (χ1n) is 6.28. The number of carbonyl (C=O) groups excluding carboxylic acids is 1. The van der Waals surface area contributed by atoms with Gasteiger partial charge in [-0.1, -0.05) is 40.9 Å². The molecule has 0 atom stereocenters. The number of carbonyl (C=O) groups is 2. The zero-order chi connectivity index (χ0) is 17.0. The number of carboxylic acid groups (broad SMARTS) is 1. The SMILES string of the molecule is O=C(COc1ccc(Cl)c(Cl)c1)Nc1c(Cl)cccc1C(=O)O. The third-order valence-electron chi connectivity index (χ3n) is 2.77. The van der Waals surface area contributed by atoms with Crippen molar-refractivity contribution in [1.82, 2.24) is 0 Å². The summed E-state index contributed by atoms with van der Waals surface area (Å²) in [5.41, 5.74) is -0.0928. The second-order valence-corrected chi connectivity index (χ2v) is 5.60. The first-order valence-corrected chi connectivity index (χ1v) is 7.41. The molecule has 0 bridgehead atoms. The van der Waals surface area contributed by atoms with Crippen molar-refractivity contribution in [1.29, 1.82) is 0 Å². The number of hydrogen-bond acceptors (Lipinski definition) is 3. The molecule has 2 aromatic rings. The van der Waals surface area contributed by atoms with Crippen molar-refractivity contribution in [3.05, 3.63) is 57.0 Å². The summed E-state index contributed by atoms with van der Waals surface area (Å²) < 4.78 is 5.27. The summed E-state index contributed by atoms with van der Waals surface area (Å²) in [6.45, 7) is -0.345. The zero-order valence-corrected chi connectivity index (χ0v) is 13.7. The van der Waals surface area contributed by atoms with Crippen molar-refractivity contribution in [3.63, 3.8) is 0 Å². The molecule has 0 unspecified atom stereocenters. The fourth-order valence-electron chi connectivity index (χ4n) is 1.72. The Morgan fingerprint density at radius 1 is 1.04 bits per heavy atom. The molecule has 2 rings (SSSR count). The molecule has 120 valence electrons. The summed E-state index contributed by atoms with van der Waals surface area (Å²) >= 11 is 17.5. The fourth-order valence-corrected chi connectivity index (χ4v) is 2.23. The van der Waals surface area contributed by atoms with Gasteiger partial charge in [0.25, 0.3) is 5.91 Å². The van der Waals surface area contributed by atoms with Gasteiger partial charge in [-0.25, -0.2) is 4.79 Å². The molecule has 0 aliphatic carbocycles. The van der Waals surface area contributed by atoms with Crippen LogP contribution in [0.1, 0.15) is 10.4 Å². The van der Waals surface area contributed by atoms with Gasteiger partial charge in [0.15, 0.2) is 6.61 Å². The van der Waals surface area contributed by atoms with Crippen LogP contribution in [-0.4, -0.2) is 23.6 Å². The first-order chi connectivity index (χ1) is 10.9. The van der Waals surface area contributed by atoms with Gasteiger partial charge in [0, 0.05) is 6.07 Å². The van der Waals surface area contributed by atoms with Gasteiger partial charge in [0.2, 0.25) is 0 Å². The average molecular weight is 375 g/mol. The van der Waals surface area contributed by atoms with Gasteiger partial charge in [-0.15, -0.1) is 0 Å². The molecule has 5 nitrogen and oxygen atoms in total. The lowest BCUT2D eigenvalue weighted by molar-refractivity contribution is -0.118. The van der Waals surface area contributed by atoms with Crippen molar-refractivity contribution in [3.8, 4) is 5.75 Å². The van der Waals surface area contributed by atoms with E-state index in [1.807, 2.05) is 0 Å². The van der Waals surface area contributed by atoms with Crippen LogP contribution in [0.15, 0.2) is 36.4 Å². The van der Waals surface area contributed by atoms with Gasteiger partial charge in [-0.05, 0) is 24.3 Å². The highest BCUT2D eigenvalue weighted by atomic mass is 35.5. The number of nitrogens with one attached hydrogen (secondary N) is 1. The molecule has 8 heteroatoms. The number of hydrogen-bond donors (Lipinski definition) is 2. The second kappa shape index (κ2) is 7.55. The molecule has 23 heavy (non-hydrogen) atoms. The van der Waals surface area contributed by atoms with Crippen LogP contribution in [0.5, 0.6) is 5.75 Å². The van der Waals surface area contributed by atoms with Crippen LogP contribution in [-0.2, 0) is 4.79 Å². The Morgan fingerprint density at radius 3 is 2.43 bits per heavy atom. The predicted molar refractivity (Wildman–Crippen MR) is 89.0 cm³/mol. The summed E-state index contributed by atoms with van der Waals surface area (Å²) in [6.07, 6.45) is 0. The number of halogens is 3. The molecule has 2 aromatic carbocycles. The molecule has 0 heterocycles. The Labute approximate surface area is 146 Å². The van der Waals surface area contributed by atoms with Gasteiger partial charge in [-0.2, -0.15) is 0 Å². The summed E-state index contributed by atoms with van der Waals surface area (Å²) in [5.74, 6) is -1.41. The van der Waals surface area contributed by atoms with Gasteiger partial charge in [0.05, 0.1) is 26.3 Å². The highest BCUT2D eigenvalue weighted by Gasteiger charge is 2.15. The van der Waals surface area contributed by atoms with Crippen LogP contribution in [0.25, 0.3) is 0 Å². The number of amides is 1. The first kappa shape index (κ1) is 17.4. The van der Waals surface area contributed by atoms with Crippen LogP contribution in [0.4, 0.5) is 5.69 Å². The maximum atomic E-state index is 11.9. The molecule has 2 N–H and O–H groups in total. The van der Waals surface area contributed by atoms with Crippen molar-refractivity contribution in [2.45, 2.75) is 0 Å². The van der Waals surface area contributed by atoms with E-state index in [-0.39, 0.29) is 22.9 Å². The molecule has 0 saturated carbocycles. The zero-order valence-electron chi connectivity index (χ0n) is 11.5. The molecular weight excluding hydrogens is 365 g/mol. The van der Waals surface area contributed by atoms with Crippen LogP contribution >= 0.6 is 34.8 Å². The quantitative estimate of drug-likeness (QED) is 0.815. The molecule has 0 fully saturated rings. The van der Waals surface area contributed by atoms with E-state index < -0.39 is 11.9 Å². The van der Waals surface area contributed by atoms with Crippen LogP contribution in [0, 0.1) is 0 Å². The van der Waals surface area contributed by atoms with Crippen LogP contribution < -0.4 is 10.1 Å². The standard InChI is InChI=1S/C15H10Cl3NO4/c16-10-5-4-8(6-12(10)18)23-7-13(20)19-14-9(15(21)22)2-1-3-11(14)17/h1-6H,7H2,(H,19,20)(H,21,22). The number of rotatable bonds is 5. The maximum absolute atomic E-state index is 11.9. The number of benzene rings is 2. The molecule has 0 saturated heterocycles. The summed E-state index contributed by atoms with van der Waals surface area (Å²) in [5, 5.41) is 12.3. The Morgan fingerprint density at radius 2 is 1.78 bits per heavy atom. The van der Waals surface area contributed by atoms with E-state index in [0.29, 0.717) is 15.8 Å². The van der Waals surface area contributed by atoms with Gasteiger partial charge >= 0.3 is 5.97 Å². The maximum Gasteiger partial charge on any atom is 0.337 e.